The Kier molecular flexibility index (Phi) is 5.78. The number of pyridine rings is 1. The Morgan fingerprint density at radius 1 is 1.33 bits per heavy atom. The van der Waals surface area contributed by atoms with Crippen LogP contribution in [0, 0.1) is 5.41 Å². The molecule has 130 valence electrons. The summed E-state index contributed by atoms with van der Waals surface area (Å²) in [6, 6.07) is 7.57. The molecule has 0 saturated carbocycles. The second-order valence-corrected chi connectivity index (χ2v) is 7.27. The molecule has 2 rings (SSSR count). The smallest absolute Gasteiger partial charge is 0.226 e. The molecule has 5 heteroatoms. The van der Waals surface area contributed by atoms with E-state index in [1.54, 1.807) is 6.20 Å². The summed E-state index contributed by atoms with van der Waals surface area (Å²) in [6.07, 6.45) is 2.64. The van der Waals surface area contributed by atoms with Gasteiger partial charge in [0.25, 0.3) is 0 Å². The van der Waals surface area contributed by atoms with Crippen molar-refractivity contribution >= 4 is 22.5 Å². The van der Waals surface area contributed by atoms with Crippen LogP contribution in [0.1, 0.15) is 40.5 Å². The standard InChI is InChI=1S/C19H26N2O3/c1-13(8-10-22)24-15-5-6-16-14(11-15)7-9-20-18(16)21-17(23)12-19(2,3)4/h5-7,9,11,13,22H,8,10,12H2,1-4H3,(H,20,21,23). The van der Waals surface area contributed by atoms with Crippen LogP contribution < -0.4 is 10.1 Å². The Hall–Kier alpha value is -2.14. The number of anilines is 1. The van der Waals surface area contributed by atoms with Crippen molar-refractivity contribution in [2.45, 2.75) is 46.6 Å². The molecule has 5 nitrogen and oxygen atoms in total. The average Bonchev–Trinajstić information content (AvgIpc) is 2.45. The van der Waals surface area contributed by atoms with E-state index in [0.717, 1.165) is 16.5 Å². The summed E-state index contributed by atoms with van der Waals surface area (Å²) in [5.41, 5.74) is -0.0709. The van der Waals surface area contributed by atoms with Gasteiger partial charge in [-0.05, 0) is 42.0 Å². The highest BCUT2D eigenvalue weighted by molar-refractivity contribution is 6.00. The normalized spacial score (nSPS) is 12.9. The topological polar surface area (TPSA) is 71.5 Å². The zero-order chi connectivity index (χ0) is 17.7. The molecular weight excluding hydrogens is 304 g/mol. The summed E-state index contributed by atoms with van der Waals surface area (Å²) in [5.74, 6) is 1.26. The van der Waals surface area contributed by atoms with Crippen molar-refractivity contribution in [3.05, 3.63) is 30.5 Å². The first-order valence-electron chi connectivity index (χ1n) is 8.24. The number of ether oxygens (including phenoxy) is 1. The summed E-state index contributed by atoms with van der Waals surface area (Å²) >= 11 is 0. The van der Waals surface area contributed by atoms with E-state index in [1.807, 2.05) is 52.0 Å². The molecule has 0 aliphatic carbocycles. The molecule has 2 N–H and O–H groups in total. The maximum Gasteiger partial charge on any atom is 0.226 e. The number of carbonyl (C=O) groups is 1. The van der Waals surface area contributed by atoms with Gasteiger partial charge in [0.2, 0.25) is 5.91 Å². The number of hydrogen-bond acceptors (Lipinski definition) is 4. The summed E-state index contributed by atoms with van der Waals surface area (Å²) in [5, 5.41) is 13.7. The summed E-state index contributed by atoms with van der Waals surface area (Å²) in [4.78, 5) is 16.4. The second-order valence-electron chi connectivity index (χ2n) is 7.27. The van der Waals surface area contributed by atoms with Crippen molar-refractivity contribution in [1.29, 1.82) is 0 Å². The molecule has 0 spiro atoms. The third kappa shape index (κ3) is 5.20. The molecule has 0 aliphatic heterocycles. The second kappa shape index (κ2) is 7.62. The lowest BCUT2D eigenvalue weighted by atomic mass is 9.92. The Morgan fingerprint density at radius 3 is 2.75 bits per heavy atom. The van der Waals surface area contributed by atoms with E-state index in [4.69, 9.17) is 9.84 Å². The summed E-state index contributed by atoms with van der Waals surface area (Å²) < 4.78 is 5.78. The van der Waals surface area contributed by atoms with Gasteiger partial charge in [0.15, 0.2) is 0 Å². The fourth-order valence-corrected chi connectivity index (χ4v) is 2.46. The monoisotopic (exact) mass is 330 g/mol. The number of benzene rings is 1. The summed E-state index contributed by atoms with van der Waals surface area (Å²) in [7, 11) is 0. The van der Waals surface area contributed by atoms with Crippen LogP contribution in [0.15, 0.2) is 30.5 Å². The maximum absolute atomic E-state index is 12.2. The molecule has 0 radical (unpaired) electrons. The minimum Gasteiger partial charge on any atom is -0.491 e. The number of aromatic nitrogens is 1. The minimum atomic E-state index is -0.0709. The van der Waals surface area contributed by atoms with Gasteiger partial charge in [0.1, 0.15) is 11.6 Å². The van der Waals surface area contributed by atoms with Gasteiger partial charge in [0.05, 0.1) is 6.10 Å². The Bertz CT molecular complexity index is 707. The van der Waals surface area contributed by atoms with Crippen molar-refractivity contribution < 1.29 is 14.6 Å². The molecule has 0 fully saturated rings. The molecule has 0 aliphatic rings. The molecule has 0 bridgehead atoms. The van der Waals surface area contributed by atoms with Crippen LogP contribution in [0.4, 0.5) is 5.82 Å². The van der Waals surface area contributed by atoms with Crippen LogP contribution >= 0.6 is 0 Å². The fraction of sp³-hybridized carbons (Fsp3) is 0.474. The van der Waals surface area contributed by atoms with E-state index in [1.165, 1.54) is 0 Å². The SMILES string of the molecule is CC(CCO)Oc1ccc2c(NC(=O)CC(C)(C)C)nccc2c1. The predicted molar refractivity (Wildman–Crippen MR) is 96.2 cm³/mol. The molecule has 24 heavy (non-hydrogen) atoms. The van der Waals surface area contributed by atoms with Crippen LogP contribution in [-0.4, -0.2) is 28.7 Å². The molecule has 0 saturated heterocycles. The van der Waals surface area contributed by atoms with Crippen molar-refractivity contribution in [3.63, 3.8) is 0 Å². The van der Waals surface area contributed by atoms with Crippen molar-refractivity contribution in [3.8, 4) is 5.75 Å². The number of fused-ring (bicyclic) bond motifs is 1. The van der Waals surface area contributed by atoms with Gasteiger partial charge >= 0.3 is 0 Å². The molecule has 1 heterocycles. The van der Waals surface area contributed by atoms with E-state index in [2.05, 4.69) is 10.3 Å². The van der Waals surface area contributed by atoms with Crippen LogP contribution in [0.3, 0.4) is 0 Å². The highest BCUT2D eigenvalue weighted by Crippen LogP contribution is 2.27. The van der Waals surface area contributed by atoms with E-state index in [-0.39, 0.29) is 24.0 Å². The van der Waals surface area contributed by atoms with Gasteiger partial charge in [-0.1, -0.05) is 20.8 Å². The fourth-order valence-electron chi connectivity index (χ4n) is 2.46. The lowest BCUT2D eigenvalue weighted by molar-refractivity contribution is -0.117. The Balaban J connectivity index is 2.19. The Labute approximate surface area is 143 Å². The number of rotatable bonds is 6. The van der Waals surface area contributed by atoms with Gasteiger partial charge in [-0.2, -0.15) is 0 Å². The van der Waals surface area contributed by atoms with Crippen LogP contribution in [0.5, 0.6) is 5.75 Å². The van der Waals surface area contributed by atoms with E-state index < -0.39 is 0 Å². The zero-order valence-electron chi connectivity index (χ0n) is 14.8. The molecule has 1 atom stereocenters. The number of aliphatic hydroxyl groups is 1. The molecular formula is C19H26N2O3. The quantitative estimate of drug-likeness (QED) is 0.846. The minimum absolute atomic E-state index is 0.0422. The molecule has 1 amide bonds. The first-order valence-corrected chi connectivity index (χ1v) is 8.24. The molecule has 1 aromatic heterocycles. The third-order valence-corrected chi connectivity index (χ3v) is 3.56. The van der Waals surface area contributed by atoms with Gasteiger partial charge in [-0.25, -0.2) is 4.98 Å². The van der Waals surface area contributed by atoms with E-state index in [0.29, 0.717) is 18.7 Å². The maximum atomic E-state index is 12.2. The van der Waals surface area contributed by atoms with Gasteiger partial charge < -0.3 is 15.2 Å². The number of amides is 1. The van der Waals surface area contributed by atoms with Gasteiger partial charge in [-0.3, -0.25) is 4.79 Å². The lowest BCUT2D eigenvalue weighted by Gasteiger charge is -2.18. The number of carbonyl (C=O) groups excluding carboxylic acids is 1. The third-order valence-electron chi connectivity index (χ3n) is 3.56. The summed E-state index contributed by atoms with van der Waals surface area (Å²) in [6.45, 7) is 8.11. The van der Waals surface area contributed by atoms with Crippen LogP contribution in [0.2, 0.25) is 0 Å². The Morgan fingerprint density at radius 2 is 2.08 bits per heavy atom. The largest absolute Gasteiger partial charge is 0.491 e. The average molecular weight is 330 g/mol. The van der Waals surface area contributed by atoms with Gasteiger partial charge in [0, 0.05) is 31.0 Å². The number of aliphatic hydroxyl groups excluding tert-OH is 1. The predicted octanol–water partition coefficient (Wildman–Crippen LogP) is 3.76. The molecule has 1 aromatic carbocycles. The lowest BCUT2D eigenvalue weighted by Crippen LogP contribution is -2.20. The van der Waals surface area contributed by atoms with Crippen molar-refractivity contribution in [2.24, 2.45) is 5.41 Å². The molecule has 2 aromatic rings. The molecule has 1 unspecified atom stereocenters. The van der Waals surface area contributed by atoms with Gasteiger partial charge in [-0.15, -0.1) is 0 Å². The van der Waals surface area contributed by atoms with Crippen LogP contribution in [-0.2, 0) is 4.79 Å². The van der Waals surface area contributed by atoms with Crippen molar-refractivity contribution in [1.82, 2.24) is 4.98 Å². The van der Waals surface area contributed by atoms with Crippen LogP contribution in [0.25, 0.3) is 10.8 Å². The zero-order valence-corrected chi connectivity index (χ0v) is 14.8. The number of nitrogens with zero attached hydrogens (tertiary/aromatic N) is 1. The highest BCUT2D eigenvalue weighted by Gasteiger charge is 2.17. The highest BCUT2D eigenvalue weighted by atomic mass is 16.5. The number of hydrogen-bond donors (Lipinski definition) is 2. The number of nitrogens with one attached hydrogen (secondary N) is 1. The van der Waals surface area contributed by atoms with Crippen molar-refractivity contribution in [2.75, 3.05) is 11.9 Å². The van der Waals surface area contributed by atoms with E-state index in [9.17, 15) is 4.79 Å². The first kappa shape index (κ1) is 18.2. The first-order chi connectivity index (χ1) is 11.3. The van der Waals surface area contributed by atoms with E-state index >= 15 is 0 Å².